The van der Waals surface area contributed by atoms with Crippen molar-refractivity contribution in [3.63, 3.8) is 0 Å². The number of thiazole rings is 1. The number of cyclic esters (lactones) is 1. The van der Waals surface area contributed by atoms with Crippen molar-refractivity contribution < 1.29 is 57.7 Å². The summed E-state index contributed by atoms with van der Waals surface area (Å²) >= 11 is 1.55. The Hall–Kier alpha value is -6.07. The summed E-state index contributed by atoms with van der Waals surface area (Å²) in [5.41, 5.74) is 0.670. The zero-order valence-corrected chi connectivity index (χ0v) is 41.8. The van der Waals surface area contributed by atoms with Gasteiger partial charge in [-0.15, -0.1) is 17.9 Å². The van der Waals surface area contributed by atoms with E-state index in [1.54, 1.807) is 31.3 Å². The van der Waals surface area contributed by atoms with Gasteiger partial charge in [-0.3, -0.25) is 39.0 Å². The number of aryl methyl sites for hydroxylation is 1. The van der Waals surface area contributed by atoms with Crippen molar-refractivity contribution in [2.24, 2.45) is 17.3 Å². The van der Waals surface area contributed by atoms with Gasteiger partial charge in [0.25, 0.3) is 11.8 Å². The van der Waals surface area contributed by atoms with E-state index in [4.69, 9.17) is 18.9 Å². The third kappa shape index (κ3) is 15.7. The zero-order chi connectivity index (χ0) is 51.0. The van der Waals surface area contributed by atoms with E-state index in [1.807, 2.05) is 45.0 Å². The summed E-state index contributed by atoms with van der Waals surface area (Å²) in [6.45, 7) is 12.6. The lowest BCUT2D eigenvalue weighted by atomic mass is 9.71. The summed E-state index contributed by atoms with van der Waals surface area (Å²) in [5.74, 6) is -3.84. The maximum atomic E-state index is 14.5. The molecule has 1 aromatic heterocycles. The van der Waals surface area contributed by atoms with Crippen molar-refractivity contribution in [2.75, 3.05) is 6.54 Å². The smallest absolute Gasteiger partial charge is 0.457 e. The number of hydrogen-bond acceptors (Lipinski definition) is 15. The Morgan fingerprint density at radius 1 is 1.00 bits per heavy atom. The first kappa shape index (κ1) is 54.9. The van der Waals surface area contributed by atoms with Crippen LogP contribution in [0.5, 0.6) is 5.75 Å². The molecule has 1 N–H and O–H groups in total. The van der Waals surface area contributed by atoms with Crippen LogP contribution >= 0.6 is 11.3 Å². The molecule has 0 fully saturated rings. The van der Waals surface area contributed by atoms with E-state index in [2.05, 4.69) is 11.6 Å². The van der Waals surface area contributed by atoms with E-state index in [1.165, 1.54) is 29.2 Å². The van der Waals surface area contributed by atoms with Crippen LogP contribution in [0.4, 0.5) is 10.5 Å². The van der Waals surface area contributed by atoms with E-state index in [0.717, 1.165) is 90.2 Å². The second-order valence-electron chi connectivity index (χ2n) is 18.9. The van der Waals surface area contributed by atoms with Crippen LogP contribution in [0.2, 0.25) is 0 Å². The summed E-state index contributed by atoms with van der Waals surface area (Å²) in [6, 6.07) is 9.49. The molecule has 2 aliphatic rings. The lowest BCUT2D eigenvalue weighted by Gasteiger charge is -2.37. The van der Waals surface area contributed by atoms with E-state index in [9.17, 15) is 44.0 Å². The number of unbranched alkanes of at least 4 members (excludes halogenated alkanes) is 7. The third-order valence-electron chi connectivity index (χ3n) is 13.1. The first-order valence-corrected chi connectivity index (χ1v) is 25.1. The number of amides is 2. The molecule has 378 valence electrons. The molecule has 5 atom stereocenters. The molecular formula is C53H67N3O13S. The van der Waals surface area contributed by atoms with Gasteiger partial charge < -0.3 is 24.1 Å². The lowest BCUT2D eigenvalue weighted by molar-refractivity contribution is -0.385. The molecule has 17 heteroatoms. The summed E-state index contributed by atoms with van der Waals surface area (Å²) in [7, 11) is 0. The highest BCUT2D eigenvalue weighted by atomic mass is 32.1. The van der Waals surface area contributed by atoms with Gasteiger partial charge in [-0.05, 0) is 101 Å². The highest BCUT2D eigenvalue weighted by Crippen LogP contribution is 2.37. The molecule has 5 rings (SSSR count). The van der Waals surface area contributed by atoms with Crippen LogP contribution in [-0.4, -0.2) is 74.4 Å². The average Bonchev–Trinajstić information content (AvgIpc) is 3.86. The van der Waals surface area contributed by atoms with Gasteiger partial charge in [-0.1, -0.05) is 75.3 Å². The van der Waals surface area contributed by atoms with Crippen molar-refractivity contribution in [3.05, 3.63) is 99.1 Å². The molecule has 3 heterocycles. The zero-order valence-electron chi connectivity index (χ0n) is 41.0. The van der Waals surface area contributed by atoms with E-state index in [-0.39, 0.29) is 41.9 Å². The van der Waals surface area contributed by atoms with E-state index in [0.29, 0.717) is 25.8 Å². The number of Topliss-reactive ketones (excluding diaryl/α,β-unsaturated/α-hetero) is 1. The van der Waals surface area contributed by atoms with Gasteiger partial charge in [0.05, 0.1) is 38.1 Å². The Balaban J connectivity index is 1.21. The van der Waals surface area contributed by atoms with E-state index < -0.39 is 77.2 Å². The second kappa shape index (κ2) is 26.2. The monoisotopic (exact) mass is 985 g/mol. The number of carbonyl (C=O) groups is 6. The number of esters is 2. The Kier molecular flexibility index (Phi) is 20.6. The number of imide groups is 1. The number of rotatable bonds is 19. The van der Waals surface area contributed by atoms with Crippen molar-refractivity contribution >= 4 is 62.9 Å². The number of ketones is 1. The SMILES string of the molecule is C=CC[C@H]1C(=O)C(C)(C)[C@@H](OC(=O)OCc2ccc(OC(=O)CCCCCCCCCCN3C(=O)C=CC3=O)c([N+](=O)[O-])c2)CC(=O)O[C@H](c2ccc3sc(C)nc3c2)C/C=C(\C)CCC[C@H](C)[C@@H]1O. The molecule has 0 unspecified atom stereocenters. The fourth-order valence-corrected chi connectivity index (χ4v) is 9.62. The molecule has 2 amide bonds. The molecule has 2 aromatic carbocycles. The van der Waals surface area contributed by atoms with E-state index >= 15 is 0 Å². The number of aromatic nitrogens is 1. The quantitative estimate of drug-likeness (QED) is 0.0225. The first-order valence-electron chi connectivity index (χ1n) is 24.3. The van der Waals surface area contributed by atoms with Crippen LogP contribution in [-0.2, 0) is 44.8 Å². The second-order valence-corrected chi connectivity index (χ2v) is 20.2. The first-order chi connectivity index (χ1) is 33.4. The molecule has 70 heavy (non-hydrogen) atoms. The number of aliphatic hydroxyl groups excluding tert-OH is 1. The van der Waals surface area contributed by atoms with Crippen LogP contribution in [0, 0.1) is 34.3 Å². The van der Waals surface area contributed by atoms with Crippen molar-refractivity contribution in [3.8, 4) is 5.75 Å². The van der Waals surface area contributed by atoms with Crippen LogP contribution in [0.1, 0.15) is 146 Å². The summed E-state index contributed by atoms with van der Waals surface area (Å²) in [5, 5.41) is 24.6. The van der Waals surface area contributed by atoms with Gasteiger partial charge in [0.15, 0.2) is 0 Å². The van der Waals surface area contributed by atoms with Gasteiger partial charge in [0.1, 0.15) is 24.6 Å². The fraction of sp³-hybridized carbons (Fsp3) is 0.528. The Morgan fingerprint density at radius 3 is 2.37 bits per heavy atom. The summed E-state index contributed by atoms with van der Waals surface area (Å²) in [6.07, 6.45) is 10.5. The number of fused-ring (bicyclic) bond motifs is 1. The van der Waals surface area contributed by atoms with Crippen LogP contribution in [0.15, 0.2) is 72.9 Å². The van der Waals surface area contributed by atoms with Crippen molar-refractivity contribution in [2.45, 2.75) is 156 Å². The van der Waals surface area contributed by atoms with Crippen molar-refractivity contribution in [1.29, 1.82) is 0 Å². The summed E-state index contributed by atoms with van der Waals surface area (Å²) < 4.78 is 23.7. The molecule has 0 saturated carbocycles. The third-order valence-corrected chi connectivity index (χ3v) is 14.0. The molecule has 0 spiro atoms. The van der Waals surface area contributed by atoms with Gasteiger partial charge >= 0.3 is 23.8 Å². The molecule has 3 aromatic rings. The number of benzene rings is 2. The van der Waals surface area contributed by atoms with Gasteiger partial charge in [0, 0.05) is 43.5 Å². The number of aliphatic hydroxyl groups is 1. The van der Waals surface area contributed by atoms with Gasteiger partial charge in [0.2, 0.25) is 5.75 Å². The minimum Gasteiger partial charge on any atom is -0.457 e. The maximum absolute atomic E-state index is 14.5. The number of nitrogens with zero attached hydrogens (tertiary/aromatic N) is 3. The lowest BCUT2D eigenvalue weighted by Crippen LogP contribution is -2.48. The van der Waals surface area contributed by atoms with Gasteiger partial charge in [-0.2, -0.15) is 0 Å². The minimum absolute atomic E-state index is 0.0547. The number of allylic oxidation sites excluding steroid dienone is 2. The number of nitro groups is 1. The number of ether oxygens (including phenoxy) is 4. The molecular weight excluding hydrogens is 919 g/mol. The molecule has 0 saturated heterocycles. The van der Waals surface area contributed by atoms with Crippen LogP contribution < -0.4 is 4.74 Å². The molecule has 0 radical (unpaired) electrons. The Morgan fingerprint density at radius 2 is 1.69 bits per heavy atom. The number of nitro benzene ring substituents is 1. The molecule has 16 nitrogen and oxygen atoms in total. The highest BCUT2D eigenvalue weighted by Gasteiger charge is 2.46. The average molecular weight is 986 g/mol. The molecule has 0 bridgehead atoms. The highest BCUT2D eigenvalue weighted by molar-refractivity contribution is 7.18. The maximum Gasteiger partial charge on any atom is 0.508 e. The topological polar surface area (TPSA) is 219 Å². The molecule has 0 aliphatic carbocycles. The number of hydrogen-bond donors (Lipinski definition) is 1. The van der Waals surface area contributed by atoms with Crippen LogP contribution in [0.3, 0.4) is 0 Å². The fourth-order valence-electron chi connectivity index (χ4n) is 8.81. The standard InChI is InChI=1S/C53H67N3O13S/c1-7-17-39-50(61)35(3)19-16-18-34(2)21-24-42(38-23-26-44-40(31-38)54-36(4)70-44)67-49(60)32-45(53(5,6)51(39)62)69-52(63)66-33-37-22-25-43(41(30-37)56(64)65)68-48(59)20-14-12-10-8-9-11-13-15-29-55-46(57)27-28-47(55)58/h7,21-23,25-28,30-31,35,39,42,45,50,61H,1,8-20,24,29,32-33H2,2-6H3/b34-21+/t35-,39+,42-,45-,50-/m0/s1. The normalized spacial score (nSPS) is 22.1. The number of carbonyl (C=O) groups excluding carboxylic acids is 6. The van der Waals surface area contributed by atoms with Crippen LogP contribution in [0.25, 0.3) is 10.2 Å². The largest absolute Gasteiger partial charge is 0.508 e. The predicted octanol–water partition coefficient (Wildman–Crippen LogP) is 10.9. The van der Waals surface area contributed by atoms with Gasteiger partial charge in [-0.25, -0.2) is 9.78 Å². The summed E-state index contributed by atoms with van der Waals surface area (Å²) in [4.78, 5) is 95.3. The van der Waals surface area contributed by atoms with Crippen molar-refractivity contribution in [1.82, 2.24) is 9.88 Å². The predicted molar refractivity (Wildman–Crippen MR) is 263 cm³/mol. The Bertz CT molecular complexity index is 2420. The minimum atomic E-state index is -1.56. The Labute approximate surface area is 413 Å². The molecule has 2 aliphatic heterocycles.